The maximum Gasteiger partial charge on any atom is 0.142 e. The topological polar surface area (TPSA) is 44.5 Å². The highest BCUT2D eigenvalue weighted by Crippen LogP contribution is 2.36. The van der Waals surface area contributed by atoms with Gasteiger partial charge in [-0.25, -0.2) is 0 Å². The Morgan fingerprint density at radius 1 is 1.33 bits per heavy atom. The zero-order valence-electron chi connectivity index (χ0n) is 9.20. The van der Waals surface area contributed by atoms with Gasteiger partial charge in [-0.1, -0.05) is 6.08 Å². The van der Waals surface area contributed by atoms with Crippen molar-refractivity contribution in [2.75, 3.05) is 12.8 Å². The number of nitrogen functional groups attached to an aromatic ring is 1. The number of rotatable bonds is 1. The number of hydrogen-bond acceptors (Lipinski definition) is 3. The van der Waals surface area contributed by atoms with Crippen LogP contribution in [0.2, 0.25) is 0 Å². The number of fused-ring (bicyclic) bond motifs is 1. The molecule has 0 bridgehead atoms. The van der Waals surface area contributed by atoms with E-state index in [2.05, 4.69) is 0 Å². The van der Waals surface area contributed by atoms with Crippen LogP contribution in [0.3, 0.4) is 0 Å². The fraction of sp³-hybridized carbons (Fsp3) is 0.333. The summed E-state index contributed by atoms with van der Waals surface area (Å²) in [5, 5.41) is 0. The molecule has 0 fully saturated rings. The third kappa shape index (κ3) is 1.77. The molecular weight excluding hydrogens is 190 g/mol. The maximum absolute atomic E-state index is 5.81. The second-order valence-corrected chi connectivity index (χ2v) is 4.17. The van der Waals surface area contributed by atoms with Crippen molar-refractivity contribution in [2.24, 2.45) is 0 Å². The molecule has 0 saturated carbocycles. The van der Waals surface area contributed by atoms with Crippen LogP contribution in [0.4, 0.5) is 5.69 Å². The molecule has 1 aromatic rings. The molecule has 2 rings (SSSR count). The third-order valence-corrected chi connectivity index (χ3v) is 2.40. The lowest BCUT2D eigenvalue weighted by molar-refractivity contribution is 0.159. The zero-order valence-corrected chi connectivity index (χ0v) is 9.20. The molecule has 0 aliphatic carbocycles. The molecule has 2 N–H and O–H groups in total. The van der Waals surface area contributed by atoms with Crippen LogP contribution in [0.15, 0.2) is 18.2 Å². The lowest BCUT2D eigenvalue weighted by atomic mass is 10.0. The largest absolute Gasteiger partial charge is 0.495 e. The summed E-state index contributed by atoms with van der Waals surface area (Å²) in [5.41, 5.74) is 7.14. The van der Waals surface area contributed by atoms with Gasteiger partial charge < -0.3 is 15.2 Å². The van der Waals surface area contributed by atoms with E-state index >= 15 is 0 Å². The molecule has 0 atom stereocenters. The summed E-state index contributed by atoms with van der Waals surface area (Å²) in [6.45, 7) is 4.01. The van der Waals surface area contributed by atoms with Crippen molar-refractivity contribution in [3.63, 3.8) is 0 Å². The molecule has 0 unspecified atom stereocenters. The molecule has 0 saturated heterocycles. The molecule has 1 aliphatic rings. The third-order valence-electron chi connectivity index (χ3n) is 2.40. The van der Waals surface area contributed by atoms with Gasteiger partial charge >= 0.3 is 0 Å². The Morgan fingerprint density at radius 3 is 2.73 bits per heavy atom. The molecule has 0 spiro atoms. The highest BCUT2D eigenvalue weighted by molar-refractivity contribution is 5.69. The highest BCUT2D eigenvalue weighted by atomic mass is 16.5. The summed E-state index contributed by atoms with van der Waals surface area (Å²) < 4.78 is 10.9. The van der Waals surface area contributed by atoms with Gasteiger partial charge in [0.2, 0.25) is 0 Å². The smallest absolute Gasteiger partial charge is 0.142 e. The van der Waals surface area contributed by atoms with E-state index in [-0.39, 0.29) is 5.60 Å². The standard InChI is InChI=1S/C12H15NO2/c1-12(2)5-4-8-6-11(14-3)9(13)7-10(8)15-12/h4-7H,13H2,1-3H3. The van der Waals surface area contributed by atoms with Gasteiger partial charge in [-0.05, 0) is 26.0 Å². The van der Waals surface area contributed by atoms with Gasteiger partial charge in [0.1, 0.15) is 17.1 Å². The maximum atomic E-state index is 5.81. The average Bonchev–Trinajstić information content (AvgIpc) is 2.15. The molecule has 1 aliphatic heterocycles. The number of benzene rings is 1. The Bertz CT molecular complexity index is 422. The minimum absolute atomic E-state index is 0.270. The van der Waals surface area contributed by atoms with Crippen molar-refractivity contribution in [1.82, 2.24) is 0 Å². The first-order chi connectivity index (χ1) is 7.02. The van der Waals surface area contributed by atoms with E-state index in [9.17, 15) is 0 Å². The SMILES string of the molecule is COc1cc2c(cc1N)OC(C)(C)C=C2. The Labute approximate surface area is 89.5 Å². The number of methoxy groups -OCH3 is 1. The summed E-state index contributed by atoms with van der Waals surface area (Å²) in [5.74, 6) is 1.49. The number of nitrogens with two attached hydrogens (primary N) is 1. The quantitative estimate of drug-likeness (QED) is 0.716. The molecular formula is C12H15NO2. The van der Waals surface area contributed by atoms with Crippen LogP contribution in [0, 0.1) is 0 Å². The van der Waals surface area contributed by atoms with Crippen LogP contribution in [-0.2, 0) is 0 Å². The molecule has 1 aromatic carbocycles. The van der Waals surface area contributed by atoms with Gasteiger partial charge in [-0.2, -0.15) is 0 Å². The fourth-order valence-electron chi connectivity index (χ4n) is 1.59. The second kappa shape index (κ2) is 3.19. The van der Waals surface area contributed by atoms with E-state index in [0.717, 1.165) is 11.3 Å². The van der Waals surface area contributed by atoms with Gasteiger partial charge in [0, 0.05) is 11.6 Å². The Balaban J connectivity index is 2.49. The number of ether oxygens (including phenoxy) is 2. The summed E-state index contributed by atoms with van der Waals surface area (Å²) in [4.78, 5) is 0. The Hall–Kier alpha value is -1.64. The van der Waals surface area contributed by atoms with E-state index in [0.29, 0.717) is 11.4 Å². The van der Waals surface area contributed by atoms with E-state index in [1.165, 1.54) is 0 Å². The molecule has 80 valence electrons. The molecule has 0 amide bonds. The van der Waals surface area contributed by atoms with E-state index in [4.69, 9.17) is 15.2 Å². The van der Waals surface area contributed by atoms with Crippen LogP contribution in [0.5, 0.6) is 11.5 Å². The van der Waals surface area contributed by atoms with Crippen molar-refractivity contribution in [2.45, 2.75) is 19.4 Å². The monoisotopic (exact) mass is 205 g/mol. The fourth-order valence-corrected chi connectivity index (χ4v) is 1.59. The van der Waals surface area contributed by atoms with Crippen LogP contribution in [0.1, 0.15) is 19.4 Å². The Kier molecular flexibility index (Phi) is 2.11. The van der Waals surface area contributed by atoms with Crippen LogP contribution >= 0.6 is 0 Å². The molecule has 0 aromatic heterocycles. The summed E-state index contributed by atoms with van der Waals surface area (Å²) >= 11 is 0. The predicted octanol–water partition coefficient (Wildman–Crippen LogP) is 2.46. The molecule has 3 nitrogen and oxygen atoms in total. The second-order valence-electron chi connectivity index (χ2n) is 4.17. The van der Waals surface area contributed by atoms with Crippen molar-refractivity contribution in [3.05, 3.63) is 23.8 Å². The first-order valence-electron chi connectivity index (χ1n) is 4.87. The van der Waals surface area contributed by atoms with E-state index in [1.54, 1.807) is 13.2 Å². The van der Waals surface area contributed by atoms with Crippen LogP contribution in [-0.4, -0.2) is 12.7 Å². The average molecular weight is 205 g/mol. The van der Waals surface area contributed by atoms with Gasteiger partial charge in [0.05, 0.1) is 12.8 Å². The van der Waals surface area contributed by atoms with Gasteiger partial charge in [0.15, 0.2) is 0 Å². The zero-order chi connectivity index (χ0) is 11.1. The van der Waals surface area contributed by atoms with Crippen molar-refractivity contribution < 1.29 is 9.47 Å². The van der Waals surface area contributed by atoms with Crippen molar-refractivity contribution in [1.29, 1.82) is 0 Å². The number of hydrogen-bond donors (Lipinski definition) is 1. The highest BCUT2D eigenvalue weighted by Gasteiger charge is 2.22. The van der Waals surface area contributed by atoms with Gasteiger partial charge in [-0.15, -0.1) is 0 Å². The van der Waals surface area contributed by atoms with Crippen LogP contribution < -0.4 is 15.2 Å². The molecule has 1 heterocycles. The van der Waals surface area contributed by atoms with Crippen molar-refractivity contribution in [3.8, 4) is 11.5 Å². The van der Waals surface area contributed by atoms with E-state index < -0.39 is 0 Å². The normalized spacial score (nSPS) is 16.7. The van der Waals surface area contributed by atoms with E-state index in [1.807, 2.05) is 32.1 Å². The summed E-state index contributed by atoms with van der Waals surface area (Å²) in [6.07, 6.45) is 4.05. The lowest BCUT2D eigenvalue weighted by Gasteiger charge is -2.28. The Morgan fingerprint density at radius 2 is 2.07 bits per heavy atom. The first-order valence-corrected chi connectivity index (χ1v) is 4.87. The molecule has 3 heteroatoms. The van der Waals surface area contributed by atoms with Crippen molar-refractivity contribution >= 4 is 11.8 Å². The summed E-state index contributed by atoms with van der Waals surface area (Å²) in [6, 6.07) is 3.69. The van der Waals surface area contributed by atoms with Gasteiger partial charge in [-0.3, -0.25) is 0 Å². The minimum atomic E-state index is -0.270. The summed E-state index contributed by atoms with van der Waals surface area (Å²) in [7, 11) is 1.61. The number of anilines is 1. The molecule has 0 radical (unpaired) electrons. The van der Waals surface area contributed by atoms with Crippen LogP contribution in [0.25, 0.3) is 6.08 Å². The lowest BCUT2D eigenvalue weighted by Crippen LogP contribution is -2.27. The first kappa shape index (κ1) is 9.90. The minimum Gasteiger partial charge on any atom is -0.495 e. The van der Waals surface area contributed by atoms with Gasteiger partial charge in [0.25, 0.3) is 0 Å². The molecule has 15 heavy (non-hydrogen) atoms. The predicted molar refractivity (Wildman–Crippen MR) is 61.1 cm³/mol.